The molecule has 0 bridgehead atoms. The zero-order chi connectivity index (χ0) is 15.1. The van der Waals surface area contributed by atoms with E-state index in [1.807, 2.05) is 25.1 Å². The maximum atomic E-state index is 12.4. The molecule has 2 rings (SSSR count). The van der Waals surface area contributed by atoms with E-state index in [1.54, 1.807) is 0 Å². The molecule has 116 valence electrons. The van der Waals surface area contributed by atoms with Crippen LogP contribution in [0.4, 0.5) is 0 Å². The minimum absolute atomic E-state index is 0.0332. The molecule has 0 spiro atoms. The minimum Gasteiger partial charge on any atom is -0.379 e. The lowest BCUT2D eigenvalue weighted by molar-refractivity contribution is -0.134. The van der Waals surface area contributed by atoms with Crippen molar-refractivity contribution in [1.82, 2.24) is 10.2 Å². The van der Waals surface area contributed by atoms with Gasteiger partial charge in [0.15, 0.2) is 0 Å². The van der Waals surface area contributed by atoms with Gasteiger partial charge in [0.05, 0.1) is 19.1 Å². The standard InChI is InChI=1S/C17H26N2O2/c1-18-16-13-21-12-15(16)17(20)19(2)11-7-6-10-14-8-4-3-5-9-14/h3-5,8-9,15-16,18H,6-7,10-13H2,1-2H3. The lowest BCUT2D eigenvalue weighted by atomic mass is 10.0. The molecule has 1 aliphatic heterocycles. The number of hydrogen-bond acceptors (Lipinski definition) is 3. The van der Waals surface area contributed by atoms with Crippen LogP contribution >= 0.6 is 0 Å². The number of amides is 1. The molecule has 0 radical (unpaired) electrons. The van der Waals surface area contributed by atoms with Crippen LogP contribution in [0.25, 0.3) is 0 Å². The highest BCUT2D eigenvalue weighted by atomic mass is 16.5. The summed E-state index contributed by atoms with van der Waals surface area (Å²) in [5.74, 6) is 0.167. The molecule has 1 N–H and O–H groups in total. The summed E-state index contributed by atoms with van der Waals surface area (Å²) >= 11 is 0. The Bertz CT molecular complexity index is 436. The summed E-state index contributed by atoms with van der Waals surface area (Å²) < 4.78 is 5.41. The molecule has 1 fully saturated rings. The van der Waals surface area contributed by atoms with Gasteiger partial charge in [-0.3, -0.25) is 4.79 Å². The number of nitrogens with zero attached hydrogens (tertiary/aromatic N) is 1. The highest BCUT2D eigenvalue weighted by molar-refractivity contribution is 5.79. The Morgan fingerprint density at radius 1 is 1.29 bits per heavy atom. The molecule has 0 saturated carbocycles. The molecule has 0 aliphatic carbocycles. The third-order valence-electron chi connectivity index (χ3n) is 4.20. The zero-order valence-corrected chi connectivity index (χ0v) is 13.0. The minimum atomic E-state index is -0.0332. The van der Waals surface area contributed by atoms with Crippen molar-refractivity contribution in [2.45, 2.75) is 25.3 Å². The largest absolute Gasteiger partial charge is 0.379 e. The van der Waals surface area contributed by atoms with Gasteiger partial charge in [0, 0.05) is 19.6 Å². The van der Waals surface area contributed by atoms with Crippen LogP contribution in [-0.2, 0) is 16.0 Å². The van der Waals surface area contributed by atoms with Crippen molar-refractivity contribution < 1.29 is 9.53 Å². The molecule has 1 heterocycles. The van der Waals surface area contributed by atoms with E-state index in [-0.39, 0.29) is 17.9 Å². The number of aryl methyl sites for hydroxylation is 1. The van der Waals surface area contributed by atoms with Gasteiger partial charge in [-0.15, -0.1) is 0 Å². The maximum absolute atomic E-state index is 12.4. The Morgan fingerprint density at radius 2 is 2.05 bits per heavy atom. The first-order valence-electron chi connectivity index (χ1n) is 7.76. The summed E-state index contributed by atoms with van der Waals surface area (Å²) in [5, 5.41) is 3.17. The Morgan fingerprint density at radius 3 is 2.76 bits per heavy atom. The predicted octanol–water partition coefficient (Wildman–Crippen LogP) is 1.70. The summed E-state index contributed by atoms with van der Waals surface area (Å²) in [4.78, 5) is 14.2. The number of ether oxygens (including phenoxy) is 1. The van der Waals surface area contributed by atoms with Gasteiger partial charge in [0.1, 0.15) is 0 Å². The normalized spacial score (nSPS) is 21.4. The van der Waals surface area contributed by atoms with Crippen molar-refractivity contribution in [1.29, 1.82) is 0 Å². The van der Waals surface area contributed by atoms with Gasteiger partial charge in [-0.1, -0.05) is 30.3 Å². The van der Waals surface area contributed by atoms with E-state index in [0.29, 0.717) is 13.2 Å². The first-order chi connectivity index (χ1) is 10.2. The van der Waals surface area contributed by atoms with Gasteiger partial charge in [-0.05, 0) is 31.9 Å². The van der Waals surface area contributed by atoms with Crippen molar-refractivity contribution in [2.75, 3.05) is 33.9 Å². The topological polar surface area (TPSA) is 41.6 Å². The molecule has 2 atom stereocenters. The van der Waals surface area contributed by atoms with Gasteiger partial charge in [0.25, 0.3) is 0 Å². The number of hydrogen-bond donors (Lipinski definition) is 1. The average Bonchev–Trinajstić information content (AvgIpc) is 3.00. The number of benzene rings is 1. The van der Waals surface area contributed by atoms with Crippen LogP contribution in [0.3, 0.4) is 0 Å². The van der Waals surface area contributed by atoms with Crippen molar-refractivity contribution in [3.05, 3.63) is 35.9 Å². The second kappa shape index (κ2) is 8.15. The van der Waals surface area contributed by atoms with E-state index >= 15 is 0 Å². The fraction of sp³-hybridized carbons (Fsp3) is 0.588. The lowest BCUT2D eigenvalue weighted by Crippen LogP contribution is -2.43. The van der Waals surface area contributed by atoms with E-state index in [4.69, 9.17) is 4.74 Å². The van der Waals surface area contributed by atoms with E-state index in [2.05, 4.69) is 29.6 Å². The first kappa shape index (κ1) is 16.0. The first-order valence-corrected chi connectivity index (χ1v) is 7.76. The third-order valence-corrected chi connectivity index (χ3v) is 4.20. The highest BCUT2D eigenvalue weighted by Gasteiger charge is 2.34. The molecule has 1 saturated heterocycles. The summed E-state index contributed by atoms with van der Waals surface area (Å²) in [5.41, 5.74) is 1.37. The van der Waals surface area contributed by atoms with Crippen molar-refractivity contribution in [3.8, 4) is 0 Å². The van der Waals surface area contributed by atoms with Crippen molar-refractivity contribution >= 4 is 5.91 Å². The molecule has 4 heteroatoms. The molecule has 2 unspecified atom stereocenters. The van der Waals surface area contributed by atoms with Crippen LogP contribution in [0, 0.1) is 5.92 Å². The fourth-order valence-electron chi connectivity index (χ4n) is 2.80. The summed E-state index contributed by atoms with van der Waals surface area (Å²) in [6.45, 7) is 1.99. The number of nitrogens with one attached hydrogen (secondary N) is 1. The molecular formula is C17H26N2O2. The second-order valence-electron chi connectivity index (χ2n) is 5.74. The Balaban J connectivity index is 1.69. The van der Waals surface area contributed by atoms with E-state index < -0.39 is 0 Å². The van der Waals surface area contributed by atoms with Gasteiger partial charge in [-0.25, -0.2) is 0 Å². The molecule has 1 aromatic rings. The molecule has 1 aliphatic rings. The Hall–Kier alpha value is -1.39. The Kier molecular flexibility index (Phi) is 6.21. The molecule has 4 nitrogen and oxygen atoms in total. The average molecular weight is 290 g/mol. The van der Waals surface area contributed by atoms with Crippen LogP contribution in [-0.4, -0.2) is 50.7 Å². The number of likely N-dealkylation sites (N-methyl/N-ethyl adjacent to an activating group) is 1. The zero-order valence-electron chi connectivity index (χ0n) is 13.0. The molecular weight excluding hydrogens is 264 g/mol. The van der Waals surface area contributed by atoms with Crippen LogP contribution in [0.15, 0.2) is 30.3 Å². The van der Waals surface area contributed by atoms with Gasteiger partial charge < -0.3 is 15.0 Å². The highest BCUT2D eigenvalue weighted by Crippen LogP contribution is 2.16. The smallest absolute Gasteiger partial charge is 0.229 e. The summed E-state index contributed by atoms with van der Waals surface area (Å²) in [6.07, 6.45) is 3.22. The third kappa shape index (κ3) is 4.55. The van der Waals surface area contributed by atoms with Crippen molar-refractivity contribution in [3.63, 3.8) is 0 Å². The fourth-order valence-corrected chi connectivity index (χ4v) is 2.80. The van der Waals surface area contributed by atoms with E-state index in [1.165, 1.54) is 5.56 Å². The van der Waals surface area contributed by atoms with Crippen LogP contribution in [0.5, 0.6) is 0 Å². The number of carbonyl (C=O) groups excluding carboxylic acids is 1. The molecule has 1 aromatic carbocycles. The van der Waals surface area contributed by atoms with Crippen LogP contribution in [0.1, 0.15) is 18.4 Å². The van der Waals surface area contributed by atoms with E-state index in [0.717, 1.165) is 25.8 Å². The van der Waals surface area contributed by atoms with E-state index in [9.17, 15) is 4.79 Å². The van der Waals surface area contributed by atoms with Gasteiger partial charge in [0.2, 0.25) is 5.91 Å². The monoisotopic (exact) mass is 290 g/mol. The van der Waals surface area contributed by atoms with Gasteiger partial charge in [-0.2, -0.15) is 0 Å². The maximum Gasteiger partial charge on any atom is 0.229 e. The lowest BCUT2D eigenvalue weighted by Gasteiger charge is -2.23. The van der Waals surface area contributed by atoms with Gasteiger partial charge >= 0.3 is 0 Å². The molecule has 21 heavy (non-hydrogen) atoms. The SMILES string of the molecule is CNC1COCC1C(=O)N(C)CCCCc1ccccc1. The second-order valence-corrected chi connectivity index (χ2v) is 5.74. The number of carbonyl (C=O) groups is 1. The summed E-state index contributed by atoms with van der Waals surface area (Å²) in [6, 6.07) is 10.7. The quantitative estimate of drug-likeness (QED) is 0.777. The summed E-state index contributed by atoms with van der Waals surface area (Å²) in [7, 11) is 3.79. The molecule has 1 amide bonds. The Labute approximate surface area is 127 Å². The van der Waals surface area contributed by atoms with Crippen LogP contribution < -0.4 is 5.32 Å². The van der Waals surface area contributed by atoms with Crippen molar-refractivity contribution in [2.24, 2.45) is 5.92 Å². The number of unbranched alkanes of at least 4 members (excludes halogenated alkanes) is 1. The molecule has 0 aromatic heterocycles. The number of rotatable bonds is 7. The van der Waals surface area contributed by atoms with Crippen LogP contribution in [0.2, 0.25) is 0 Å². The predicted molar refractivity (Wildman–Crippen MR) is 84.2 cm³/mol.